The average Bonchev–Trinajstić information content (AvgIpc) is 2.77. The highest BCUT2D eigenvalue weighted by atomic mass is 32.2. The van der Waals surface area contributed by atoms with Crippen LogP contribution in [0.1, 0.15) is 16.8 Å². The summed E-state index contributed by atoms with van der Waals surface area (Å²) in [4.78, 5) is 13.0. The van der Waals surface area contributed by atoms with Gasteiger partial charge in [0.25, 0.3) is 0 Å². The quantitative estimate of drug-likeness (QED) is 0.259. The number of rotatable bonds is 7. The summed E-state index contributed by atoms with van der Waals surface area (Å²) in [6.07, 6.45) is 1.26. The molecule has 1 saturated heterocycles. The maximum absolute atomic E-state index is 12.8. The highest BCUT2D eigenvalue weighted by Crippen LogP contribution is 2.32. The van der Waals surface area contributed by atoms with Gasteiger partial charge < -0.3 is 35.0 Å². The number of hydrogen-bond donors (Lipinski definition) is 5. The number of allylic oxidation sites excluding steroid dienone is 5. The monoisotopic (exact) mass is 482 g/mol. The smallest absolute Gasteiger partial charge is 0.229 e. The van der Waals surface area contributed by atoms with Gasteiger partial charge in [0.2, 0.25) is 6.29 Å². The Bertz CT molecular complexity index is 1070. The molecule has 0 saturated carbocycles. The Morgan fingerprint density at radius 2 is 1.94 bits per heavy atom. The molecule has 33 heavy (non-hydrogen) atoms. The molecule has 3 rings (SSSR count). The molecule has 1 aromatic carbocycles. The largest absolute Gasteiger partial charge is 0.507 e. The van der Waals surface area contributed by atoms with E-state index in [-0.39, 0.29) is 22.1 Å². The molecule has 1 heterocycles. The molecule has 11 heteroatoms. The van der Waals surface area contributed by atoms with Crippen molar-refractivity contribution in [2.24, 2.45) is 5.92 Å². The van der Waals surface area contributed by atoms with E-state index in [1.807, 2.05) is 0 Å². The van der Waals surface area contributed by atoms with Crippen molar-refractivity contribution >= 4 is 15.6 Å². The maximum atomic E-state index is 12.8. The first-order valence-corrected chi connectivity index (χ1v) is 12.0. The van der Waals surface area contributed by atoms with Crippen LogP contribution in [0.3, 0.4) is 0 Å². The third kappa shape index (κ3) is 5.69. The van der Waals surface area contributed by atoms with Gasteiger partial charge in [0, 0.05) is 6.26 Å². The number of ketones is 1. The second-order valence-corrected chi connectivity index (χ2v) is 9.84. The summed E-state index contributed by atoms with van der Waals surface area (Å²) in [6, 6.07) is 4.02. The normalized spacial score (nSPS) is 30.3. The molecule has 1 aliphatic heterocycles. The third-order valence-electron chi connectivity index (χ3n) is 5.36. The topological polar surface area (TPSA) is 171 Å². The van der Waals surface area contributed by atoms with Crippen LogP contribution >= 0.6 is 0 Å². The number of aliphatic hydroxyl groups excluding tert-OH is 4. The molecular formula is C22H26O10S. The zero-order valence-electron chi connectivity index (χ0n) is 17.7. The lowest BCUT2D eigenvalue weighted by molar-refractivity contribution is -0.277. The Balaban J connectivity index is 1.77. The lowest BCUT2D eigenvalue weighted by atomic mass is 9.98. The summed E-state index contributed by atoms with van der Waals surface area (Å²) < 4.78 is 34.0. The molecular weight excluding hydrogens is 456 g/mol. The van der Waals surface area contributed by atoms with Gasteiger partial charge >= 0.3 is 0 Å². The summed E-state index contributed by atoms with van der Waals surface area (Å²) >= 11 is 0. The molecule has 1 aliphatic carbocycles. The minimum atomic E-state index is -3.31. The van der Waals surface area contributed by atoms with Crippen LogP contribution in [0.15, 0.2) is 53.5 Å². The Morgan fingerprint density at radius 3 is 2.55 bits per heavy atom. The number of carbonyl (C=O) groups is 1. The standard InChI is InChI=1S/C22H26O10S/c1-33(29,30)13-8-5-12(6-9-13)7-10-15(25)18-14(24)3-2-4-16(18)31-22-21(28)20(27)19(26)17(11-23)32-22/h2-5,7-10,12,17,19-24,26-28H,6,11H2,1H3/t12?,17-,19-,20+,21-,22-/m1/s1. The maximum Gasteiger partial charge on any atom is 0.229 e. The lowest BCUT2D eigenvalue weighted by Crippen LogP contribution is -2.60. The first-order chi connectivity index (χ1) is 15.5. The van der Waals surface area contributed by atoms with Crippen LogP contribution in [-0.4, -0.2) is 83.3 Å². The Kier molecular flexibility index (Phi) is 7.73. The Morgan fingerprint density at radius 1 is 1.21 bits per heavy atom. The van der Waals surface area contributed by atoms with Crippen molar-refractivity contribution in [1.82, 2.24) is 0 Å². The van der Waals surface area contributed by atoms with Crippen molar-refractivity contribution < 1.29 is 48.2 Å². The van der Waals surface area contributed by atoms with E-state index in [0.29, 0.717) is 6.42 Å². The van der Waals surface area contributed by atoms with Crippen molar-refractivity contribution in [3.63, 3.8) is 0 Å². The molecule has 0 amide bonds. The molecule has 0 spiro atoms. The Hall–Kier alpha value is -2.54. The molecule has 2 aliphatic rings. The number of aliphatic hydroxyl groups is 4. The SMILES string of the molecule is CS(=O)(=O)C1=CCC(C=CC(=O)c2c(O)cccc2O[C@@H]2O[C@H](CO)[C@@H](O)[C@H](O)[C@H]2O)C=C1. The van der Waals surface area contributed by atoms with Gasteiger partial charge in [0.05, 0.1) is 11.5 Å². The van der Waals surface area contributed by atoms with Gasteiger partial charge in [-0.25, -0.2) is 8.42 Å². The third-order valence-corrected chi connectivity index (χ3v) is 6.52. The van der Waals surface area contributed by atoms with E-state index < -0.39 is 58.7 Å². The van der Waals surface area contributed by atoms with Gasteiger partial charge in [0.15, 0.2) is 15.6 Å². The van der Waals surface area contributed by atoms with Gasteiger partial charge in [-0.05, 0) is 36.6 Å². The first kappa shape index (κ1) is 25.1. The number of aromatic hydroxyl groups is 1. The van der Waals surface area contributed by atoms with E-state index in [2.05, 4.69) is 0 Å². The molecule has 1 fully saturated rings. The predicted molar refractivity (Wildman–Crippen MR) is 116 cm³/mol. The second kappa shape index (κ2) is 10.2. The predicted octanol–water partition coefficient (Wildman–Crippen LogP) is -0.186. The van der Waals surface area contributed by atoms with Gasteiger partial charge in [-0.2, -0.15) is 0 Å². The van der Waals surface area contributed by atoms with Crippen molar-refractivity contribution in [2.45, 2.75) is 37.1 Å². The fourth-order valence-corrected chi connectivity index (χ4v) is 4.21. The summed E-state index contributed by atoms with van der Waals surface area (Å²) in [6.45, 7) is -0.649. The number of phenolic OH excluding ortho intramolecular Hbond substituents is 1. The number of sulfone groups is 1. The molecule has 10 nitrogen and oxygen atoms in total. The highest BCUT2D eigenvalue weighted by molar-refractivity contribution is 7.94. The van der Waals surface area contributed by atoms with Gasteiger partial charge in [-0.3, -0.25) is 4.79 Å². The van der Waals surface area contributed by atoms with Crippen molar-refractivity contribution in [3.05, 3.63) is 59.0 Å². The Labute approximate surface area is 190 Å². The van der Waals surface area contributed by atoms with E-state index in [0.717, 1.165) is 6.26 Å². The molecule has 180 valence electrons. The molecule has 6 atom stereocenters. The molecule has 1 unspecified atom stereocenters. The summed E-state index contributed by atoms with van der Waals surface area (Å²) in [5.41, 5.74) is -0.224. The average molecular weight is 483 g/mol. The minimum Gasteiger partial charge on any atom is -0.507 e. The fraction of sp³-hybridized carbons (Fsp3) is 0.409. The number of hydrogen-bond acceptors (Lipinski definition) is 10. The van der Waals surface area contributed by atoms with Gasteiger partial charge in [0.1, 0.15) is 41.5 Å². The van der Waals surface area contributed by atoms with E-state index in [1.54, 1.807) is 18.2 Å². The second-order valence-electron chi connectivity index (χ2n) is 7.83. The van der Waals surface area contributed by atoms with Crippen LogP contribution in [0.5, 0.6) is 11.5 Å². The van der Waals surface area contributed by atoms with Crippen LogP contribution in [-0.2, 0) is 14.6 Å². The molecule has 1 aromatic rings. The minimum absolute atomic E-state index is 0.146. The molecule has 0 bridgehead atoms. The van der Waals surface area contributed by atoms with Crippen molar-refractivity contribution in [1.29, 1.82) is 0 Å². The molecule has 5 N–H and O–H groups in total. The van der Waals surface area contributed by atoms with E-state index in [1.165, 1.54) is 30.4 Å². The number of ether oxygens (including phenoxy) is 2. The van der Waals surface area contributed by atoms with E-state index in [9.17, 15) is 38.7 Å². The molecule has 0 radical (unpaired) electrons. The van der Waals surface area contributed by atoms with Crippen LogP contribution in [0, 0.1) is 5.92 Å². The zero-order chi connectivity index (χ0) is 24.3. The fourth-order valence-electron chi connectivity index (χ4n) is 3.48. The van der Waals surface area contributed by atoms with Crippen molar-refractivity contribution in [2.75, 3.05) is 12.9 Å². The van der Waals surface area contributed by atoms with E-state index in [4.69, 9.17) is 9.47 Å². The van der Waals surface area contributed by atoms with Gasteiger partial charge in [-0.1, -0.05) is 24.3 Å². The lowest BCUT2D eigenvalue weighted by Gasteiger charge is -2.39. The number of phenols is 1. The summed E-state index contributed by atoms with van der Waals surface area (Å²) in [5.74, 6) is -1.41. The first-order valence-electron chi connectivity index (χ1n) is 10.1. The van der Waals surface area contributed by atoms with Crippen LogP contribution < -0.4 is 4.74 Å². The van der Waals surface area contributed by atoms with Gasteiger partial charge in [-0.15, -0.1) is 0 Å². The van der Waals surface area contributed by atoms with Crippen LogP contribution in [0.2, 0.25) is 0 Å². The number of benzene rings is 1. The zero-order valence-corrected chi connectivity index (χ0v) is 18.5. The molecule has 0 aromatic heterocycles. The summed E-state index contributed by atoms with van der Waals surface area (Å²) in [7, 11) is -3.31. The van der Waals surface area contributed by atoms with Crippen molar-refractivity contribution in [3.8, 4) is 11.5 Å². The van der Waals surface area contributed by atoms with Crippen LogP contribution in [0.4, 0.5) is 0 Å². The highest BCUT2D eigenvalue weighted by Gasteiger charge is 2.45. The summed E-state index contributed by atoms with van der Waals surface area (Å²) in [5, 5.41) is 49.6. The van der Waals surface area contributed by atoms with Crippen LogP contribution in [0.25, 0.3) is 0 Å². The number of carbonyl (C=O) groups excluding carboxylic acids is 1. The van der Waals surface area contributed by atoms with E-state index >= 15 is 0 Å².